The molecule has 166 valence electrons. The summed E-state index contributed by atoms with van der Waals surface area (Å²) in [6.45, 7) is 1.18. The molecule has 0 spiro atoms. The molecule has 3 rings (SSSR count). The summed E-state index contributed by atoms with van der Waals surface area (Å²) in [7, 11) is 0. The smallest absolute Gasteiger partial charge is 0.272 e. The van der Waals surface area contributed by atoms with Crippen molar-refractivity contribution in [3.05, 3.63) is 69.3 Å². The highest BCUT2D eigenvalue weighted by Gasteiger charge is 2.25. The van der Waals surface area contributed by atoms with E-state index in [0.717, 1.165) is 12.1 Å². The Morgan fingerprint density at radius 3 is 2.26 bits per heavy atom. The third-order valence-electron chi connectivity index (χ3n) is 5.12. The Kier molecular flexibility index (Phi) is 6.74. The number of halogens is 4. The van der Waals surface area contributed by atoms with E-state index in [1.165, 1.54) is 17.0 Å². The summed E-state index contributed by atoms with van der Waals surface area (Å²) in [5, 5.41) is 10.7. The van der Waals surface area contributed by atoms with E-state index in [9.17, 15) is 32.5 Å². The van der Waals surface area contributed by atoms with Crippen LogP contribution in [0, 0.1) is 33.4 Å². The van der Waals surface area contributed by atoms with Crippen LogP contribution in [0.3, 0.4) is 0 Å². The molecule has 1 heterocycles. The molecule has 1 aliphatic rings. The lowest BCUT2D eigenvalue weighted by Gasteiger charge is -2.36. The molecule has 31 heavy (non-hydrogen) atoms. The zero-order chi connectivity index (χ0) is 22.7. The van der Waals surface area contributed by atoms with Gasteiger partial charge in [-0.1, -0.05) is 0 Å². The largest absolute Gasteiger partial charge is 0.366 e. The van der Waals surface area contributed by atoms with Crippen molar-refractivity contribution in [3.63, 3.8) is 0 Å². The topological polar surface area (TPSA) is 92.7 Å². The fraction of sp³-hybridized carbons (Fsp3) is 0.350. The summed E-state index contributed by atoms with van der Waals surface area (Å²) in [4.78, 5) is 25.7. The van der Waals surface area contributed by atoms with Crippen molar-refractivity contribution >= 4 is 17.3 Å². The third-order valence-corrected chi connectivity index (χ3v) is 5.12. The van der Waals surface area contributed by atoms with Crippen molar-refractivity contribution in [2.45, 2.75) is 18.9 Å². The van der Waals surface area contributed by atoms with Crippen molar-refractivity contribution < 1.29 is 27.3 Å². The maximum absolute atomic E-state index is 14.2. The lowest BCUT2D eigenvalue weighted by Crippen LogP contribution is -2.50. The molecule has 1 aliphatic heterocycles. The van der Waals surface area contributed by atoms with Crippen LogP contribution in [-0.2, 0) is 11.2 Å². The highest BCUT2D eigenvalue weighted by atomic mass is 19.2. The van der Waals surface area contributed by atoms with Crippen LogP contribution in [0.5, 0.6) is 0 Å². The predicted octanol–water partition coefficient (Wildman–Crippen LogP) is 2.76. The van der Waals surface area contributed by atoms with Crippen molar-refractivity contribution in [3.8, 4) is 0 Å². The molecular formula is C20H20F4N4O3. The second kappa shape index (κ2) is 9.29. The molecule has 2 aromatic carbocycles. The van der Waals surface area contributed by atoms with Gasteiger partial charge in [0.2, 0.25) is 5.91 Å². The Balaban J connectivity index is 1.54. The molecule has 0 radical (unpaired) electrons. The fourth-order valence-electron chi connectivity index (χ4n) is 3.49. The Hall–Kier alpha value is -3.21. The van der Waals surface area contributed by atoms with Crippen LogP contribution >= 0.6 is 0 Å². The first-order valence-electron chi connectivity index (χ1n) is 9.51. The van der Waals surface area contributed by atoms with Crippen LogP contribution in [0.2, 0.25) is 0 Å². The van der Waals surface area contributed by atoms with Crippen molar-refractivity contribution in [1.82, 2.24) is 4.90 Å². The molecule has 0 aromatic heterocycles. The molecule has 7 nitrogen and oxygen atoms in total. The molecule has 11 heteroatoms. The second-order valence-electron chi connectivity index (χ2n) is 7.29. The monoisotopic (exact) mass is 440 g/mol. The van der Waals surface area contributed by atoms with Gasteiger partial charge in [0.15, 0.2) is 17.5 Å². The number of benzene rings is 2. The van der Waals surface area contributed by atoms with Gasteiger partial charge in [-0.25, -0.2) is 17.6 Å². The van der Waals surface area contributed by atoms with Gasteiger partial charge in [-0.3, -0.25) is 14.9 Å². The van der Waals surface area contributed by atoms with E-state index in [2.05, 4.69) is 0 Å². The van der Waals surface area contributed by atoms with Gasteiger partial charge in [0, 0.05) is 50.8 Å². The molecule has 1 saturated heterocycles. The van der Waals surface area contributed by atoms with Crippen molar-refractivity contribution in [1.29, 1.82) is 0 Å². The normalized spacial score (nSPS) is 15.1. The predicted molar refractivity (Wildman–Crippen MR) is 104 cm³/mol. The van der Waals surface area contributed by atoms with Crippen LogP contribution in [0.25, 0.3) is 0 Å². The summed E-state index contributed by atoms with van der Waals surface area (Å²) in [5.41, 5.74) is 5.65. The number of hydrogen-bond acceptors (Lipinski definition) is 5. The Morgan fingerprint density at radius 2 is 1.65 bits per heavy atom. The number of nitrogens with two attached hydrogens (primary N) is 1. The molecular weight excluding hydrogens is 420 g/mol. The van der Waals surface area contributed by atoms with E-state index in [0.29, 0.717) is 19.2 Å². The zero-order valence-corrected chi connectivity index (χ0v) is 16.4. The van der Waals surface area contributed by atoms with Crippen LogP contribution < -0.4 is 10.6 Å². The molecule has 1 fully saturated rings. The van der Waals surface area contributed by atoms with Gasteiger partial charge >= 0.3 is 0 Å². The Morgan fingerprint density at radius 1 is 1.00 bits per heavy atom. The molecule has 2 aromatic rings. The first-order valence-corrected chi connectivity index (χ1v) is 9.51. The number of hydrogen-bond donors (Lipinski definition) is 1. The number of carbonyl (C=O) groups is 1. The third kappa shape index (κ3) is 5.29. The second-order valence-corrected chi connectivity index (χ2v) is 7.29. The van der Waals surface area contributed by atoms with Gasteiger partial charge in [0.25, 0.3) is 5.69 Å². The number of anilines is 1. The van der Waals surface area contributed by atoms with Gasteiger partial charge < -0.3 is 15.5 Å². The van der Waals surface area contributed by atoms with Gasteiger partial charge in [-0.15, -0.1) is 0 Å². The van der Waals surface area contributed by atoms with Crippen LogP contribution in [0.1, 0.15) is 12.0 Å². The molecule has 0 unspecified atom stereocenters. The molecule has 1 amide bonds. The number of piperazine rings is 1. The van der Waals surface area contributed by atoms with Gasteiger partial charge in [-0.2, -0.15) is 0 Å². The van der Waals surface area contributed by atoms with Crippen molar-refractivity contribution in [2.24, 2.45) is 5.73 Å². The fourth-order valence-corrected chi connectivity index (χ4v) is 3.49. The van der Waals surface area contributed by atoms with Crippen molar-refractivity contribution in [2.75, 3.05) is 31.1 Å². The molecule has 0 bridgehead atoms. The Labute approximate surface area is 175 Å². The average Bonchev–Trinajstić information content (AvgIpc) is 2.72. The number of nitro groups is 1. The van der Waals surface area contributed by atoms with Gasteiger partial charge in [-0.05, 0) is 24.1 Å². The minimum absolute atomic E-state index is 0.113. The highest BCUT2D eigenvalue weighted by molar-refractivity contribution is 5.77. The maximum atomic E-state index is 14.2. The molecule has 1 atom stereocenters. The first kappa shape index (κ1) is 22.5. The van der Waals surface area contributed by atoms with E-state index >= 15 is 0 Å². The average molecular weight is 440 g/mol. The number of non-ortho nitro benzene ring substituents is 1. The standard InChI is InChI=1S/C20H20F4N4O3/c21-15-11-17(23)16(22)8-12(15)7-13(25)9-20(29)27-5-3-26(4-6-27)19-2-1-14(28(30)31)10-18(19)24/h1-2,8,10-11,13H,3-7,9,25H2/t13-/m1/s1. The van der Waals surface area contributed by atoms with E-state index in [-0.39, 0.29) is 48.8 Å². The molecule has 0 saturated carbocycles. The number of amides is 1. The van der Waals surface area contributed by atoms with Gasteiger partial charge in [0.05, 0.1) is 16.7 Å². The lowest BCUT2D eigenvalue weighted by molar-refractivity contribution is -0.385. The summed E-state index contributed by atoms with van der Waals surface area (Å²) in [6, 6.07) is 3.77. The minimum atomic E-state index is -1.30. The molecule has 2 N–H and O–H groups in total. The maximum Gasteiger partial charge on any atom is 0.272 e. The summed E-state index contributed by atoms with van der Waals surface area (Å²) < 4.78 is 54.3. The van der Waals surface area contributed by atoms with Crippen LogP contribution in [0.15, 0.2) is 30.3 Å². The summed E-state index contributed by atoms with van der Waals surface area (Å²) in [5.74, 6) is -4.43. The van der Waals surface area contributed by atoms with E-state index in [1.807, 2.05) is 0 Å². The minimum Gasteiger partial charge on any atom is -0.366 e. The van der Waals surface area contributed by atoms with E-state index < -0.39 is 34.2 Å². The lowest BCUT2D eigenvalue weighted by atomic mass is 10.0. The number of rotatable bonds is 6. The zero-order valence-electron chi connectivity index (χ0n) is 16.4. The SMILES string of the molecule is N[C@@H](CC(=O)N1CCN(c2ccc([N+](=O)[O-])cc2F)CC1)Cc1cc(F)c(F)cc1F. The number of nitro benzene ring substituents is 1. The number of nitrogens with zero attached hydrogens (tertiary/aromatic N) is 3. The van der Waals surface area contributed by atoms with E-state index in [4.69, 9.17) is 5.73 Å². The highest BCUT2D eigenvalue weighted by Crippen LogP contribution is 2.25. The van der Waals surface area contributed by atoms with Gasteiger partial charge in [0.1, 0.15) is 5.82 Å². The Bertz CT molecular complexity index is 997. The number of carbonyl (C=O) groups excluding carboxylic acids is 1. The van der Waals surface area contributed by atoms with Crippen LogP contribution in [0.4, 0.5) is 28.9 Å². The molecule has 0 aliphatic carbocycles. The van der Waals surface area contributed by atoms with E-state index in [1.54, 1.807) is 4.90 Å². The quantitative estimate of drug-likeness (QED) is 0.323. The van der Waals surface area contributed by atoms with Crippen LogP contribution in [-0.4, -0.2) is 48.0 Å². The first-order chi connectivity index (χ1) is 14.7. The summed E-state index contributed by atoms with van der Waals surface area (Å²) in [6.07, 6.45) is -0.257. The summed E-state index contributed by atoms with van der Waals surface area (Å²) >= 11 is 0.